The molecule has 0 saturated carbocycles. The lowest BCUT2D eigenvalue weighted by atomic mass is 9.94. The van der Waals surface area contributed by atoms with Gasteiger partial charge >= 0.3 is 0 Å². The fraction of sp³-hybridized carbons (Fsp3) is 0.667. The Labute approximate surface area is 134 Å². The molecule has 1 aromatic carbocycles. The second-order valence-electron chi connectivity index (χ2n) is 6.36. The van der Waals surface area contributed by atoms with Crippen LogP contribution in [-0.4, -0.2) is 45.3 Å². The Morgan fingerprint density at radius 2 is 1.82 bits per heavy atom. The molecule has 124 valence electrons. The van der Waals surface area contributed by atoms with E-state index in [1.54, 1.807) is 14.2 Å². The number of nitrogens with one attached hydrogen (secondary N) is 1. The normalized spacial score (nSPS) is 17.5. The summed E-state index contributed by atoms with van der Waals surface area (Å²) in [6.45, 7) is 8.87. The van der Waals surface area contributed by atoms with Gasteiger partial charge in [0.1, 0.15) is 0 Å². The van der Waals surface area contributed by atoms with E-state index in [4.69, 9.17) is 9.47 Å². The lowest BCUT2D eigenvalue weighted by Gasteiger charge is -2.36. The van der Waals surface area contributed by atoms with Crippen LogP contribution in [0.5, 0.6) is 11.5 Å². The third-order valence-corrected chi connectivity index (χ3v) is 4.40. The number of hydrogen-bond acceptors (Lipinski definition) is 4. The number of hydrogen-bond donors (Lipinski definition) is 1. The average Bonchev–Trinajstić information content (AvgIpc) is 2.55. The van der Waals surface area contributed by atoms with E-state index in [0.29, 0.717) is 12.0 Å². The Morgan fingerprint density at radius 3 is 2.41 bits per heavy atom. The SMILES string of the molecule is COc1cccc([C@H](CCC(C)C)N2CCNCC2)c1OC. The zero-order chi connectivity index (χ0) is 15.9. The van der Waals surface area contributed by atoms with E-state index in [1.165, 1.54) is 12.0 Å². The molecular weight excluding hydrogens is 276 g/mol. The fourth-order valence-electron chi connectivity index (χ4n) is 3.19. The Bertz CT molecular complexity index is 456. The zero-order valence-electron chi connectivity index (χ0n) is 14.4. The maximum atomic E-state index is 5.68. The fourth-order valence-corrected chi connectivity index (χ4v) is 3.19. The number of nitrogens with zero attached hydrogens (tertiary/aromatic N) is 1. The number of benzene rings is 1. The van der Waals surface area contributed by atoms with Gasteiger partial charge in [0.05, 0.1) is 14.2 Å². The van der Waals surface area contributed by atoms with Gasteiger partial charge in [-0.3, -0.25) is 4.90 Å². The van der Waals surface area contributed by atoms with E-state index in [-0.39, 0.29) is 0 Å². The van der Waals surface area contributed by atoms with Gasteiger partial charge in [0.25, 0.3) is 0 Å². The lowest BCUT2D eigenvalue weighted by Crippen LogP contribution is -2.45. The summed E-state index contributed by atoms with van der Waals surface area (Å²) < 4.78 is 11.2. The van der Waals surface area contributed by atoms with Crippen molar-refractivity contribution in [2.24, 2.45) is 5.92 Å². The van der Waals surface area contributed by atoms with Crippen molar-refractivity contribution in [1.29, 1.82) is 0 Å². The first-order valence-electron chi connectivity index (χ1n) is 8.33. The summed E-state index contributed by atoms with van der Waals surface area (Å²) in [5, 5.41) is 3.44. The van der Waals surface area contributed by atoms with Crippen LogP contribution >= 0.6 is 0 Å². The van der Waals surface area contributed by atoms with Crippen molar-refractivity contribution < 1.29 is 9.47 Å². The van der Waals surface area contributed by atoms with Crippen molar-refractivity contribution in [3.8, 4) is 11.5 Å². The van der Waals surface area contributed by atoms with Gasteiger partial charge in [-0.05, 0) is 24.8 Å². The number of rotatable bonds is 7. The van der Waals surface area contributed by atoms with Gasteiger partial charge in [0.15, 0.2) is 11.5 Å². The summed E-state index contributed by atoms with van der Waals surface area (Å²) in [6.07, 6.45) is 2.37. The topological polar surface area (TPSA) is 33.7 Å². The zero-order valence-corrected chi connectivity index (χ0v) is 14.4. The van der Waals surface area contributed by atoms with E-state index >= 15 is 0 Å². The van der Waals surface area contributed by atoms with E-state index in [9.17, 15) is 0 Å². The van der Waals surface area contributed by atoms with Gasteiger partial charge in [0.2, 0.25) is 0 Å². The first-order chi connectivity index (χ1) is 10.7. The second kappa shape index (κ2) is 8.39. The van der Waals surface area contributed by atoms with Crippen molar-refractivity contribution in [2.75, 3.05) is 40.4 Å². The summed E-state index contributed by atoms with van der Waals surface area (Å²) in [4.78, 5) is 2.58. The maximum absolute atomic E-state index is 5.68. The molecule has 0 radical (unpaired) electrons. The molecule has 0 aliphatic carbocycles. The summed E-state index contributed by atoms with van der Waals surface area (Å²) in [7, 11) is 3.44. The largest absolute Gasteiger partial charge is 0.493 e. The minimum Gasteiger partial charge on any atom is -0.493 e. The molecule has 2 rings (SSSR count). The molecule has 1 aliphatic rings. The Balaban J connectivity index is 2.30. The summed E-state index contributed by atoms with van der Waals surface area (Å²) in [5.74, 6) is 2.42. The van der Waals surface area contributed by atoms with Crippen LogP contribution in [-0.2, 0) is 0 Å². The highest BCUT2D eigenvalue weighted by atomic mass is 16.5. The molecule has 4 nitrogen and oxygen atoms in total. The van der Waals surface area contributed by atoms with Crippen molar-refractivity contribution in [3.05, 3.63) is 23.8 Å². The van der Waals surface area contributed by atoms with Crippen LogP contribution in [0.3, 0.4) is 0 Å². The average molecular weight is 306 g/mol. The molecule has 1 heterocycles. The summed E-state index contributed by atoms with van der Waals surface area (Å²) >= 11 is 0. The monoisotopic (exact) mass is 306 g/mol. The minimum atomic E-state index is 0.398. The molecule has 0 unspecified atom stereocenters. The Hall–Kier alpha value is -1.26. The Morgan fingerprint density at radius 1 is 1.09 bits per heavy atom. The van der Waals surface area contributed by atoms with E-state index in [0.717, 1.165) is 44.1 Å². The van der Waals surface area contributed by atoms with Gasteiger partial charge in [-0.15, -0.1) is 0 Å². The van der Waals surface area contributed by atoms with Gasteiger partial charge in [0, 0.05) is 37.8 Å². The molecule has 0 amide bonds. The number of methoxy groups -OCH3 is 2. The molecule has 1 aliphatic heterocycles. The van der Waals surface area contributed by atoms with Crippen LogP contribution in [0.2, 0.25) is 0 Å². The third kappa shape index (κ3) is 4.14. The molecule has 4 heteroatoms. The van der Waals surface area contributed by atoms with Crippen LogP contribution in [0.15, 0.2) is 18.2 Å². The predicted octanol–water partition coefficient (Wildman–Crippen LogP) is 3.09. The predicted molar refractivity (Wildman–Crippen MR) is 90.8 cm³/mol. The summed E-state index contributed by atoms with van der Waals surface area (Å²) in [5.41, 5.74) is 1.25. The molecule has 22 heavy (non-hydrogen) atoms. The minimum absolute atomic E-state index is 0.398. The van der Waals surface area contributed by atoms with E-state index < -0.39 is 0 Å². The van der Waals surface area contributed by atoms with Crippen LogP contribution < -0.4 is 14.8 Å². The second-order valence-corrected chi connectivity index (χ2v) is 6.36. The molecule has 0 aromatic heterocycles. The number of ether oxygens (including phenoxy) is 2. The van der Waals surface area contributed by atoms with Crippen LogP contribution in [0.25, 0.3) is 0 Å². The van der Waals surface area contributed by atoms with Crippen molar-refractivity contribution in [3.63, 3.8) is 0 Å². The molecule has 0 bridgehead atoms. The molecule has 1 saturated heterocycles. The standard InChI is InChI=1S/C18H30N2O2/c1-14(2)8-9-16(20-12-10-19-11-13-20)15-6-5-7-17(21-3)18(15)22-4/h5-7,14,16,19H,8-13H2,1-4H3/t16-/m0/s1. The number of piperazine rings is 1. The van der Waals surface area contributed by atoms with Gasteiger partial charge in [-0.1, -0.05) is 26.0 Å². The van der Waals surface area contributed by atoms with E-state index in [1.807, 2.05) is 6.07 Å². The molecule has 1 atom stereocenters. The highest BCUT2D eigenvalue weighted by Crippen LogP contribution is 2.39. The van der Waals surface area contributed by atoms with E-state index in [2.05, 4.69) is 36.2 Å². The molecule has 0 spiro atoms. The molecular formula is C18H30N2O2. The highest BCUT2D eigenvalue weighted by Gasteiger charge is 2.26. The molecule has 1 fully saturated rings. The Kier molecular flexibility index (Phi) is 6.52. The molecule has 1 N–H and O–H groups in total. The van der Waals surface area contributed by atoms with Gasteiger partial charge < -0.3 is 14.8 Å². The lowest BCUT2D eigenvalue weighted by molar-refractivity contribution is 0.156. The smallest absolute Gasteiger partial charge is 0.165 e. The van der Waals surface area contributed by atoms with Crippen LogP contribution in [0, 0.1) is 5.92 Å². The first kappa shape index (κ1) is 17.1. The van der Waals surface area contributed by atoms with Crippen LogP contribution in [0.1, 0.15) is 38.3 Å². The number of para-hydroxylation sites is 1. The molecule has 1 aromatic rings. The first-order valence-corrected chi connectivity index (χ1v) is 8.33. The summed E-state index contributed by atoms with van der Waals surface area (Å²) in [6, 6.07) is 6.63. The van der Waals surface area contributed by atoms with Crippen LogP contribution in [0.4, 0.5) is 0 Å². The van der Waals surface area contributed by atoms with Crippen molar-refractivity contribution >= 4 is 0 Å². The van der Waals surface area contributed by atoms with Gasteiger partial charge in [-0.25, -0.2) is 0 Å². The van der Waals surface area contributed by atoms with Crippen molar-refractivity contribution in [2.45, 2.75) is 32.7 Å². The maximum Gasteiger partial charge on any atom is 0.165 e. The highest BCUT2D eigenvalue weighted by molar-refractivity contribution is 5.48. The quantitative estimate of drug-likeness (QED) is 0.839. The van der Waals surface area contributed by atoms with Crippen molar-refractivity contribution in [1.82, 2.24) is 10.2 Å². The van der Waals surface area contributed by atoms with Gasteiger partial charge in [-0.2, -0.15) is 0 Å². The third-order valence-electron chi connectivity index (χ3n) is 4.40.